The van der Waals surface area contributed by atoms with Crippen molar-refractivity contribution >= 4 is 21.7 Å². The van der Waals surface area contributed by atoms with Crippen LogP contribution in [0.4, 0.5) is 5.82 Å². The van der Waals surface area contributed by atoms with E-state index in [-0.39, 0.29) is 0 Å². The molecule has 0 bridgehead atoms. The van der Waals surface area contributed by atoms with Gasteiger partial charge in [0.05, 0.1) is 12.4 Å². The van der Waals surface area contributed by atoms with E-state index in [0.717, 1.165) is 35.3 Å². The average molecular weight is 256 g/mol. The molecule has 2 rings (SSSR count). The first-order valence-corrected chi connectivity index (χ1v) is 5.68. The SMILES string of the molecule is CC(C)C1CN(c2cnc(Br)cn2)C1. The number of hydrogen-bond acceptors (Lipinski definition) is 3. The molecule has 0 aliphatic carbocycles. The number of halogens is 1. The summed E-state index contributed by atoms with van der Waals surface area (Å²) in [6.07, 6.45) is 3.57. The van der Waals surface area contributed by atoms with Crippen LogP contribution in [-0.4, -0.2) is 23.1 Å². The molecule has 1 aliphatic heterocycles. The number of anilines is 1. The van der Waals surface area contributed by atoms with E-state index in [0.29, 0.717) is 0 Å². The maximum absolute atomic E-state index is 4.31. The lowest BCUT2D eigenvalue weighted by molar-refractivity contribution is 0.308. The third kappa shape index (κ3) is 1.90. The predicted molar refractivity (Wildman–Crippen MR) is 60.3 cm³/mol. The summed E-state index contributed by atoms with van der Waals surface area (Å²) in [6, 6.07) is 0. The van der Waals surface area contributed by atoms with Gasteiger partial charge in [-0.1, -0.05) is 13.8 Å². The van der Waals surface area contributed by atoms with Gasteiger partial charge in [0.25, 0.3) is 0 Å². The molecule has 76 valence electrons. The molecular formula is C10H14BrN3. The average Bonchev–Trinajstić information content (AvgIpc) is 2.05. The Kier molecular flexibility index (Phi) is 2.72. The summed E-state index contributed by atoms with van der Waals surface area (Å²) in [7, 11) is 0. The zero-order valence-corrected chi connectivity index (χ0v) is 10.0. The van der Waals surface area contributed by atoms with E-state index in [4.69, 9.17) is 0 Å². The Hall–Kier alpha value is -0.640. The standard InChI is InChI=1S/C10H14BrN3/c1-7(2)8-5-14(6-8)10-4-12-9(11)3-13-10/h3-4,7-8H,5-6H2,1-2H3. The van der Waals surface area contributed by atoms with Crippen molar-refractivity contribution in [3.05, 3.63) is 17.0 Å². The van der Waals surface area contributed by atoms with Crippen molar-refractivity contribution in [2.45, 2.75) is 13.8 Å². The van der Waals surface area contributed by atoms with Gasteiger partial charge in [-0.2, -0.15) is 0 Å². The van der Waals surface area contributed by atoms with Gasteiger partial charge in [-0.05, 0) is 27.8 Å². The summed E-state index contributed by atoms with van der Waals surface area (Å²) >= 11 is 3.28. The maximum Gasteiger partial charge on any atom is 0.147 e. The lowest BCUT2D eigenvalue weighted by Gasteiger charge is -2.42. The zero-order valence-electron chi connectivity index (χ0n) is 8.44. The Balaban J connectivity index is 1.96. The lowest BCUT2D eigenvalue weighted by atomic mass is 9.88. The third-order valence-electron chi connectivity index (χ3n) is 2.78. The fraction of sp³-hybridized carbons (Fsp3) is 0.600. The van der Waals surface area contributed by atoms with E-state index in [1.165, 1.54) is 0 Å². The molecule has 0 aromatic carbocycles. The fourth-order valence-electron chi connectivity index (χ4n) is 1.59. The minimum Gasteiger partial charge on any atom is -0.355 e. The summed E-state index contributed by atoms with van der Waals surface area (Å²) in [5.74, 6) is 2.58. The third-order valence-corrected chi connectivity index (χ3v) is 3.19. The maximum atomic E-state index is 4.31. The van der Waals surface area contributed by atoms with Gasteiger partial charge in [-0.15, -0.1) is 0 Å². The van der Waals surface area contributed by atoms with Gasteiger partial charge < -0.3 is 4.90 Å². The van der Waals surface area contributed by atoms with Crippen LogP contribution in [0.2, 0.25) is 0 Å². The Morgan fingerprint density at radius 2 is 2.07 bits per heavy atom. The minimum atomic E-state index is 0.773. The second-order valence-electron chi connectivity index (χ2n) is 4.11. The van der Waals surface area contributed by atoms with Crippen molar-refractivity contribution in [1.82, 2.24) is 9.97 Å². The molecule has 0 N–H and O–H groups in total. The molecule has 1 aromatic heterocycles. The number of aromatic nitrogens is 2. The van der Waals surface area contributed by atoms with E-state index >= 15 is 0 Å². The number of nitrogens with zero attached hydrogens (tertiary/aromatic N) is 3. The highest BCUT2D eigenvalue weighted by Gasteiger charge is 2.29. The lowest BCUT2D eigenvalue weighted by Crippen LogP contribution is -2.49. The molecule has 14 heavy (non-hydrogen) atoms. The summed E-state index contributed by atoms with van der Waals surface area (Å²) < 4.78 is 0.794. The molecule has 0 spiro atoms. The molecule has 0 saturated carbocycles. The van der Waals surface area contributed by atoms with Gasteiger partial charge in [-0.25, -0.2) is 9.97 Å². The minimum absolute atomic E-state index is 0.773. The van der Waals surface area contributed by atoms with Crippen LogP contribution in [0.3, 0.4) is 0 Å². The molecule has 0 unspecified atom stereocenters. The molecule has 3 nitrogen and oxygen atoms in total. The highest BCUT2D eigenvalue weighted by molar-refractivity contribution is 9.10. The van der Waals surface area contributed by atoms with Crippen molar-refractivity contribution < 1.29 is 0 Å². The molecule has 2 heterocycles. The largest absolute Gasteiger partial charge is 0.355 e. The second kappa shape index (κ2) is 3.85. The van der Waals surface area contributed by atoms with Crippen LogP contribution in [-0.2, 0) is 0 Å². The summed E-state index contributed by atoms with van der Waals surface area (Å²) in [4.78, 5) is 10.7. The Morgan fingerprint density at radius 1 is 1.36 bits per heavy atom. The van der Waals surface area contributed by atoms with Gasteiger partial charge in [0.2, 0.25) is 0 Å². The molecule has 0 radical (unpaired) electrons. The van der Waals surface area contributed by atoms with Crippen LogP contribution in [0.5, 0.6) is 0 Å². The summed E-state index contributed by atoms with van der Waals surface area (Å²) in [5.41, 5.74) is 0. The predicted octanol–water partition coefficient (Wildman–Crippen LogP) is 2.33. The van der Waals surface area contributed by atoms with Crippen molar-refractivity contribution in [3.8, 4) is 0 Å². The van der Waals surface area contributed by atoms with E-state index in [2.05, 4.69) is 44.6 Å². The summed E-state index contributed by atoms with van der Waals surface area (Å²) in [6.45, 7) is 6.78. The van der Waals surface area contributed by atoms with Crippen molar-refractivity contribution in [3.63, 3.8) is 0 Å². The Bertz CT molecular complexity index is 304. The molecule has 1 aromatic rings. The molecule has 1 fully saturated rings. The second-order valence-corrected chi connectivity index (χ2v) is 4.92. The topological polar surface area (TPSA) is 29.0 Å². The number of hydrogen-bond donors (Lipinski definition) is 0. The highest BCUT2D eigenvalue weighted by atomic mass is 79.9. The molecule has 1 aliphatic rings. The quantitative estimate of drug-likeness (QED) is 0.813. The monoisotopic (exact) mass is 255 g/mol. The smallest absolute Gasteiger partial charge is 0.147 e. The first kappa shape index (κ1) is 9.90. The fourth-order valence-corrected chi connectivity index (χ4v) is 1.79. The Morgan fingerprint density at radius 3 is 2.57 bits per heavy atom. The van der Waals surface area contributed by atoms with E-state index < -0.39 is 0 Å². The van der Waals surface area contributed by atoms with Gasteiger partial charge in [0.15, 0.2) is 0 Å². The van der Waals surface area contributed by atoms with Crippen molar-refractivity contribution in [2.75, 3.05) is 18.0 Å². The van der Waals surface area contributed by atoms with Gasteiger partial charge >= 0.3 is 0 Å². The van der Waals surface area contributed by atoms with Crippen LogP contribution >= 0.6 is 15.9 Å². The van der Waals surface area contributed by atoms with E-state index in [9.17, 15) is 0 Å². The van der Waals surface area contributed by atoms with Crippen molar-refractivity contribution in [2.24, 2.45) is 11.8 Å². The summed E-state index contributed by atoms with van der Waals surface area (Å²) in [5, 5.41) is 0. The molecule has 4 heteroatoms. The molecule has 0 atom stereocenters. The zero-order chi connectivity index (χ0) is 10.1. The first-order chi connectivity index (χ1) is 6.66. The molecular weight excluding hydrogens is 242 g/mol. The Labute approximate surface area is 92.7 Å². The molecule has 0 amide bonds. The van der Waals surface area contributed by atoms with E-state index in [1.54, 1.807) is 6.20 Å². The first-order valence-electron chi connectivity index (χ1n) is 4.89. The van der Waals surface area contributed by atoms with Gasteiger partial charge in [-0.3, -0.25) is 0 Å². The molecule has 1 saturated heterocycles. The van der Waals surface area contributed by atoms with Crippen LogP contribution in [0.15, 0.2) is 17.0 Å². The van der Waals surface area contributed by atoms with Crippen LogP contribution < -0.4 is 4.90 Å². The van der Waals surface area contributed by atoms with Gasteiger partial charge in [0.1, 0.15) is 10.4 Å². The van der Waals surface area contributed by atoms with E-state index in [1.807, 2.05) is 6.20 Å². The van der Waals surface area contributed by atoms with Gasteiger partial charge in [0, 0.05) is 13.1 Å². The normalized spacial score (nSPS) is 17.3. The van der Waals surface area contributed by atoms with Crippen molar-refractivity contribution in [1.29, 1.82) is 0 Å². The van der Waals surface area contributed by atoms with Crippen LogP contribution in [0, 0.1) is 11.8 Å². The van der Waals surface area contributed by atoms with Crippen LogP contribution in [0.1, 0.15) is 13.8 Å². The highest BCUT2D eigenvalue weighted by Crippen LogP contribution is 2.27. The number of rotatable bonds is 2. The van der Waals surface area contributed by atoms with Crippen LogP contribution in [0.25, 0.3) is 0 Å².